The van der Waals surface area contributed by atoms with Crippen LogP contribution in [0.25, 0.3) is 6.08 Å². The summed E-state index contributed by atoms with van der Waals surface area (Å²) in [6.07, 6.45) is 7.55. The molecule has 1 heterocycles. The van der Waals surface area contributed by atoms with Crippen molar-refractivity contribution in [2.45, 2.75) is 20.3 Å². The van der Waals surface area contributed by atoms with Crippen LogP contribution in [-0.4, -0.2) is 4.57 Å². The van der Waals surface area contributed by atoms with Gasteiger partial charge in [0.25, 0.3) is 0 Å². The van der Waals surface area contributed by atoms with E-state index in [0.717, 1.165) is 6.42 Å². The fourth-order valence-electron chi connectivity index (χ4n) is 1.15. The van der Waals surface area contributed by atoms with E-state index in [4.69, 9.17) is 0 Å². The minimum atomic E-state index is 1.10. The summed E-state index contributed by atoms with van der Waals surface area (Å²) in [5, 5.41) is 0. The van der Waals surface area contributed by atoms with Crippen molar-refractivity contribution in [2.75, 3.05) is 0 Å². The summed E-state index contributed by atoms with van der Waals surface area (Å²) in [4.78, 5) is 0. The number of rotatable bonds is 2. The predicted octanol–water partition coefficient (Wildman–Crippen LogP) is 2.76. The Morgan fingerprint density at radius 1 is 1.55 bits per heavy atom. The van der Waals surface area contributed by atoms with Crippen LogP contribution in [0.5, 0.6) is 0 Å². The van der Waals surface area contributed by atoms with Gasteiger partial charge >= 0.3 is 0 Å². The lowest BCUT2D eigenvalue weighted by Gasteiger charge is -1.97. The molecule has 0 aliphatic heterocycles. The van der Waals surface area contributed by atoms with E-state index in [1.807, 2.05) is 0 Å². The second kappa shape index (κ2) is 3.42. The van der Waals surface area contributed by atoms with Gasteiger partial charge in [-0.05, 0) is 31.1 Å². The average Bonchev–Trinajstić information content (AvgIpc) is 2.29. The first-order valence-corrected chi connectivity index (χ1v) is 4.04. The lowest BCUT2D eigenvalue weighted by molar-refractivity contribution is 0.910. The molecule has 0 fully saturated rings. The summed E-state index contributed by atoms with van der Waals surface area (Å²) in [5.41, 5.74) is 2.66. The normalized spacial score (nSPS) is 11.2. The molecule has 0 saturated heterocycles. The highest BCUT2D eigenvalue weighted by atomic mass is 14.9. The van der Waals surface area contributed by atoms with Crippen molar-refractivity contribution in [3.63, 3.8) is 0 Å². The van der Waals surface area contributed by atoms with E-state index in [1.54, 1.807) is 0 Å². The number of aromatic nitrogens is 1. The van der Waals surface area contributed by atoms with Crippen molar-refractivity contribution in [3.8, 4) is 0 Å². The van der Waals surface area contributed by atoms with Crippen molar-refractivity contribution in [1.29, 1.82) is 0 Å². The highest BCUT2D eigenvalue weighted by Crippen LogP contribution is 2.09. The fourth-order valence-corrected chi connectivity index (χ4v) is 1.15. The van der Waals surface area contributed by atoms with Gasteiger partial charge < -0.3 is 4.57 Å². The Kier molecular flexibility index (Phi) is 2.53. The van der Waals surface area contributed by atoms with Crippen molar-refractivity contribution >= 4 is 6.08 Å². The molecule has 1 rings (SSSR count). The van der Waals surface area contributed by atoms with Crippen molar-refractivity contribution < 1.29 is 0 Å². The summed E-state index contributed by atoms with van der Waals surface area (Å²) in [6.45, 7) is 4.28. The maximum absolute atomic E-state index is 2.18. The van der Waals surface area contributed by atoms with E-state index in [1.165, 1.54) is 11.3 Å². The Hall–Kier alpha value is -0.980. The standard InChI is InChI=1S/C10H15N/c1-4-5-6-10-9(2)7-8-11(10)3/h5-8H,4H2,1-3H3/b6-5-. The van der Waals surface area contributed by atoms with Crippen LogP contribution in [0.2, 0.25) is 0 Å². The molecule has 0 radical (unpaired) electrons. The fraction of sp³-hybridized carbons (Fsp3) is 0.400. The highest BCUT2D eigenvalue weighted by Gasteiger charge is 1.96. The predicted molar refractivity (Wildman–Crippen MR) is 49.5 cm³/mol. The quantitative estimate of drug-likeness (QED) is 0.609. The van der Waals surface area contributed by atoms with Crippen LogP contribution in [0.1, 0.15) is 24.6 Å². The van der Waals surface area contributed by atoms with Gasteiger partial charge in [-0.25, -0.2) is 0 Å². The van der Waals surface area contributed by atoms with E-state index in [2.05, 4.69) is 49.9 Å². The molecular weight excluding hydrogens is 134 g/mol. The van der Waals surface area contributed by atoms with Gasteiger partial charge in [0, 0.05) is 18.9 Å². The summed E-state index contributed by atoms with van der Waals surface area (Å²) in [5.74, 6) is 0. The van der Waals surface area contributed by atoms with Gasteiger partial charge in [0.05, 0.1) is 0 Å². The summed E-state index contributed by atoms with van der Waals surface area (Å²) in [7, 11) is 2.07. The molecule has 1 aromatic rings. The van der Waals surface area contributed by atoms with E-state index in [9.17, 15) is 0 Å². The Morgan fingerprint density at radius 3 is 2.73 bits per heavy atom. The molecule has 11 heavy (non-hydrogen) atoms. The first-order chi connectivity index (χ1) is 5.25. The zero-order valence-electron chi connectivity index (χ0n) is 7.46. The summed E-state index contributed by atoms with van der Waals surface area (Å²) < 4.78 is 2.14. The van der Waals surface area contributed by atoms with E-state index < -0.39 is 0 Å². The van der Waals surface area contributed by atoms with E-state index in [-0.39, 0.29) is 0 Å². The molecule has 0 saturated carbocycles. The smallest absolute Gasteiger partial charge is 0.0430 e. The second-order valence-electron chi connectivity index (χ2n) is 2.81. The molecule has 0 unspecified atom stereocenters. The Morgan fingerprint density at radius 2 is 2.27 bits per heavy atom. The van der Waals surface area contributed by atoms with Crippen molar-refractivity contribution in [2.24, 2.45) is 7.05 Å². The van der Waals surface area contributed by atoms with Gasteiger partial charge in [-0.3, -0.25) is 0 Å². The van der Waals surface area contributed by atoms with Crippen molar-refractivity contribution in [3.05, 3.63) is 29.6 Å². The Bertz CT molecular complexity index is 236. The van der Waals surface area contributed by atoms with Crippen LogP contribution >= 0.6 is 0 Å². The molecule has 0 bridgehead atoms. The van der Waals surface area contributed by atoms with Crippen LogP contribution < -0.4 is 0 Å². The number of allylic oxidation sites excluding steroid dienone is 1. The van der Waals surface area contributed by atoms with Gasteiger partial charge in [0.1, 0.15) is 0 Å². The van der Waals surface area contributed by atoms with E-state index >= 15 is 0 Å². The molecular formula is C10H15N. The van der Waals surface area contributed by atoms with Crippen molar-refractivity contribution in [1.82, 2.24) is 4.57 Å². The second-order valence-corrected chi connectivity index (χ2v) is 2.81. The van der Waals surface area contributed by atoms with Crippen LogP contribution in [0.3, 0.4) is 0 Å². The molecule has 0 spiro atoms. The third-order valence-corrected chi connectivity index (χ3v) is 1.84. The zero-order chi connectivity index (χ0) is 8.27. The Balaban J connectivity index is 2.92. The summed E-state index contributed by atoms with van der Waals surface area (Å²) >= 11 is 0. The molecule has 0 amide bonds. The molecule has 0 aliphatic carbocycles. The maximum Gasteiger partial charge on any atom is 0.0430 e. The average molecular weight is 149 g/mol. The minimum absolute atomic E-state index is 1.10. The number of aryl methyl sites for hydroxylation is 2. The van der Waals surface area contributed by atoms with Gasteiger partial charge in [0.2, 0.25) is 0 Å². The molecule has 1 heteroatoms. The highest BCUT2D eigenvalue weighted by molar-refractivity contribution is 5.49. The van der Waals surface area contributed by atoms with Gasteiger partial charge in [0.15, 0.2) is 0 Å². The molecule has 0 N–H and O–H groups in total. The van der Waals surface area contributed by atoms with E-state index in [0.29, 0.717) is 0 Å². The molecule has 60 valence electrons. The molecule has 1 aromatic heterocycles. The van der Waals surface area contributed by atoms with Gasteiger partial charge in [-0.1, -0.05) is 13.0 Å². The largest absolute Gasteiger partial charge is 0.351 e. The molecule has 1 nitrogen and oxygen atoms in total. The van der Waals surface area contributed by atoms with Crippen LogP contribution in [-0.2, 0) is 7.05 Å². The van der Waals surface area contributed by atoms with Crippen LogP contribution in [0.4, 0.5) is 0 Å². The third-order valence-electron chi connectivity index (χ3n) is 1.84. The topological polar surface area (TPSA) is 4.93 Å². The monoisotopic (exact) mass is 149 g/mol. The maximum atomic E-state index is 2.18. The van der Waals surface area contributed by atoms with Crippen LogP contribution in [0, 0.1) is 6.92 Å². The lowest BCUT2D eigenvalue weighted by Crippen LogP contribution is -1.88. The summed E-state index contributed by atoms with van der Waals surface area (Å²) in [6, 6.07) is 2.13. The van der Waals surface area contributed by atoms with Gasteiger partial charge in [-0.15, -0.1) is 0 Å². The lowest BCUT2D eigenvalue weighted by atomic mass is 10.2. The minimum Gasteiger partial charge on any atom is -0.351 e. The number of hydrogen-bond acceptors (Lipinski definition) is 0. The van der Waals surface area contributed by atoms with Gasteiger partial charge in [-0.2, -0.15) is 0 Å². The molecule has 0 aliphatic rings. The van der Waals surface area contributed by atoms with Crippen LogP contribution in [0.15, 0.2) is 18.3 Å². The SMILES string of the molecule is CC/C=C\c1c(C)ccn1C. The molecule has 0 atom stereocenters. The first-order valence-electron chi connectivity index (χ1n) is 4.04. The number of nitrogens with zero attached hydrogens (tertiary/aromatic N) is 1. The Labute approximate surface area is 68.4 Å². The zero-order valence-corrected chi connectivity index (χ0v) is 7.46. The number of hydrogen-bond donors (Lipinski definition) is 0. The third kappa shape index (κ3) is 1.73. The molecule has 0 aromatic carbocycles. The first kappa shape index (κ1) is 8.12.